The van der Waals surface area contributed by atoms with Crippen molar-refractivity contribution in [1.29, 1.82) is 0 Å². The summed E-state index contributed by atoms with van der Waals surface area (Å²) in [6.45, 7) is 5.28. The molecule has 0 spiro atoms. The lowest BCUT2D eigenvalue weighted by Crippen LogP contribution is -2.44. The number of halogens is 1. The van der Waals surface area contributed by atoms with Gasteiger partial charge in [-0.15, -0.1) is 0 Å². The highest BCUT2D eigenvalue weighted by Crippen LogP contribution is 2.51. The molecule has 4 nitrogen and oxygen atoms in total. The third-order valence-electron chi connectivity index (χ3n) is 2.76. The second-order valence-corrected chi connectivity index (χ2v) is 7.52. The van der Waals surface area contributed by atoms with E-state index in [-0.39, 0.29) is 12.1 Å². The highest BCUT2D eigenvalue weighted by Gasteiger charge is 2.39. The molecular formula is C11H14ClN2O2P. The molecule has 0 aromatic heterocycles. The van der Waals surface area contributed by atoms with E-state index >= 15 is 0 Å². The fourth-order valence-corrected chi connectivity index (χ4v) is 4.81. The van der Waals surface area contributed by atoms with E-state index in [1.807, 2.05) is 13.8 Å². The molecule has 1 aliphatic heterocycles. The highest BCUT2D eigenvalue weighted by molar-refractivity contribution is 7.69. The van der Waals surface area contributed by atoms with Crippen LogP contribution in [0.5, 0.6) is 0 Å². The van der Waals surface area contributed by atoms with Crippen molar-refractivity contribution in [1.82, 2.24) is 4.67 Å². The summed E-state index contributed by atoms with van der Waals surface area (Å²) >= 11 is 5.92. The van der Waals surface area contributed by atoms with Crippen LogP contribution in [0.25, 0.3) is 0 Å². The van der Waals surface area contributed by atoms with Gasteiger partial charge < -0.3 is 5.32 Å². The van der Waals surface area contributed by atoms with E-state index < -0.39 is 7.29 Å². The summed E-state index contributed by atoms with van der Waals surface area (Å²) in [5, 5.41) is 3.86. The van der Waals surface area contributed by atoms with E-state index in [2.05, 4.69) is 5.32 Å². The molecule has 1 heterocycles. The number of amides is 2. The van der Waals surface area contributed by atoms with Crippen LogP contribution in [0.4, 0.5) is 10.5 Å². The zero-order chi connectivity index (χ0) is 12.8. The third-order valence-corrected chi connectivity index (χ3v) is 5.72. The van der Waals surface area contributed by atoms with Gasteiger partial charge in [-0.3, -0.25) is 9.24 Å². The van der Waals surface area contributed by atoms with E-state index in [1.54, 1.807) is 24.9 Å². The van der Waals surface area contributed by atoms with Gasteiger partial charge in [0.15, 0.2) is 0 Å². The smallest absolute Gasteiger partial charge is 0.307 e. The fraction of sp³-hybridized carbons (Fsp3) is 0.364. The van der Waals surface area contributed by atoms with Crippen molar-refractivity contribution < 1.29 is 9.36 Å². The van der Waals surface area contributed by atoms with Crippen molar-refractivity contribution in [2.75, 3.05) is 12.0 Å². The van der Waals surface area contributed by atoms with Crippen molar-refractivity contribution in [3.8, 4) is 0 Å². The van der Waals surface area contributed by atoms with E-state index in [4.69, 9.17) is 11.6 Å². The summed E-state index contributed by atoms with van der Waals surface area (Å²) in [5.74, 6) is 0. The van der Waals surface area contributed by atoms with E-state index in [0.717, 1.165) is 0 Å². The van der Waals surface area contributed by atoms with Crippen molar-refractivity contribution in [2.45, 2.75) is 19.9 Å². The number of carbonyl (C=O) groups excluding carboxylic acids is 1. The predicted octanol–water partition coefficient (Wildman–Crippen LogP) is 3.13. The molecule has 1 aromatic rings. The minimum absolute atomic E-state index is 0.127. The van der Waals surface area contributed by atoms with Gasteiger partial charge in [-0.1, -0.05) is 11.6 Å². The van der Waals surface area contributed by atoms with Crippen LogP contribution < -0.4 is 10.6 Å². The second kappa shape index (κ2) is 4.04. The number of carbonyl (C=O) groups is 1. The van der Waals surface area contributed by atoms with Crippen LogP contribution in [0.3, 0.4) is 0 Å². The summed E-state index contributed by atoms with van der Waals surface area (Å²) < 4.78 is 14.2. The van der Waals surface area contributed by atoms with Gasteiger partial charge >= 0.3 is 6.03 Å². The van der Waals surface area contributed by atoms with Crippen molar-refractivity contribution in [2.24, 2.45) is 0 Å². The number of hydrogen-bond donors (Lipinski definition) is 1. The molecule has 17 heavy (non-hydrogen) atoms. The van der Waals surface area contributed by atoms with Crippen molar-refractivity contribution in [3.63, 3.8) is 0 Å². The summed E-state index contributed by atoms with van der Waals surface area (Å²) in [4.78, 5) is 11.9. The standard InChI is InChI=1S/C11H14ClN2O2P/c1-7(2)14-11(15)13-9-5-4-8(12)6-10(9)17(14,3)16/h4-7H,1-3H3,(H,13,15). The zero-order valence-corrected chi connectivity index (χ0v) is 11.5. The van der Waals surface area contributed by atoms with E-state index in [1.165, 1.54) is 4.67 Å². The van der Waals surface area contributed by atoms with E-state index in [0.29, 0.717) is 16.0 Å². The van der Waals surface area contributed by atoms with Crippen LogP contribution >= 0.6 is 18.9 Å². The Bertz CT molecular complexity index is 530. The Labute approximate surface area is 105 Å². The SMILES string of the molecule is CC(C)N1C(=O)Nc2ccc(Cl)cc2P1(C)=O. The maximum absolute atomic E-state index is 12.8. The van der Waals surface area contributed by atoms with Crippen LogP contribution in [0, 0.1) is 0 Å². The largest absolute Gasteiger partial charge is 0.327 e. The molecule has 1 atom stereocenters. The van der Waals surface area contributed by atoms with Crippen LogP contribution in [0.2, 0.25) is 5.02 Å². The molecule has 2 rings (SSSR count). The minimum Gasteiger partial charge on any atom is -0.307 e. The van der Waals surface area contributed by atoms with Gasteiger partial charge in [0.25, 0.3) is 0 Å². The summed E-state index contributed by atoms with van der Waals surface area (Å²) in [5.41, 5.74) is 0.585. The summed E-state index contributed by atoms with van der Waals surface area (Å²) in [6, 6.07) is 4.57. The molecule has 0 fully saturated rings. The van der Waals surface area contributed by atoms with Crippen LogP contribution in [0.15, 0.2) is 18.2 Å². The molecule has 0 saturated carbocycles. The fourth-order valence-electron chi connectivity index (χ4n) is 2.09. The number of hydrogen-bond acceptors (Lipinski definition) is 2. The van der Waals surface area contributed by atoms with Gasteiger partial charge in [0.2, 0.25) is 7.29 Å². The average Bonchev–Trinajstić information content (AvgIpc) is 2.18. The Hall–Kier alpha value is -0.990. The van der Waals surface area contributed by atoms with Gasteiger partial charge in [-0.05, 0) is 32.0 Å². The Kier molecular flexibility index (Phi) is 2.96. The first-order chi connectivity index (χ1) is 7.84. The Morgan fingerprint density at radius 1 is 1.41 bits per heavy atom. The minimum atomic E-state index is -2.89. The van der Waals surface area contributed by atoms with Crippen LogP contribution in [0.1, 0.15) is 13.8 Å². The number of rotatable bonds is 1. The highest BCUT2D eigenvalue weighted by atomic mass is 35.5. The molecule has 1 aliphatic rings. The lowest BCUT2D eigenvalue weighted by atomic mass is 10.3. The molecule has 0 bridgehead atoms. The molecule has 1 N–H and O–H groups in total. The number of fused-ring (bicyclic) bond motifs is 1. The van der Waals surface area contributed by atoms with Gasteiger partial charge in [-0.2, -0.15) is 0 Å². The number of nitrogens with zero attached hydrogens (tertiary/aromatic N) is 1. The Morgan fingerprint density at radius 2 is 2.06 bits per heavy atom. The first kappa shape index (κ1) is 12.5. The first-order valence-electron chi connectivity index (χ1n) is 5.32. The quantitative estimate of drug-likeness (QED) is 0.799. The first-order valence-corrected chi connectivity index (χ1v) is 7.81. The lowest BCUT2D eigenvalue weighted by molar-refractivity contribution is 0.229. The molecule has 2 amide bonds. The third kappa shape index (κ3) is 1.96. The van der Waals surface area contributed by atoms with Gasteiger partial charge in [-0.25, -0.2) is 4.79 Å². The van der Waals surface area contributed by atoms with Crippen LogP contribution in [-0.2, 0) is 4.57 Å². The molecule has 0 aliphatic carbocycles. The second-order valence-electron chi connectivity index (χ2n) is 4.41. The molecule has 1 aromatic carbocycles. The van der Waals surface area contributed by atoms with Gasteiger partial charge in [0.1, 0.15) is 0 Å². The molecule has 0 radical (unpaired) electrons. The monoisotopic (exact) mass is 272 g/mol. The summed E-state index contributed by atoms with van der Waals surface area (Å²) in [7, 11) is -2.89. The molecular weight excluding hydrogens is 259 g/mol. The predicted molar refractivity (Wildman–Crippen MR) is 70.6 cm³/mol. The normalized spacial score (nSPS) is 23.6. The van der Waals surface area contributed by atoms with Gasteiger partial charge in [0.05, 0.1) is 11.0 Å². The zero-order valence-electron chi connectivity index (χ0n) is 9.90. The van der Waals surface area contributed by atoms with Crippen molar-refractivity contribution in [3.05, 3.63) is 23.2 Å². The number of nitrogens with one attached hydrogen (secondary N) is 1. The van der Waals surface area contributed by atoms with E-state index in [9.17, 15) is 9.36 Å². The molecule has 1 unspecified atom stereocenters. The van der Waals surface area contributed by atoms with Gasteiger partial charge in [0, 0.05) is 17.7 Å². The topological polar surface area (TPSA) is 49.4 Å². The number of benzene rings is 1. The molecule has 6 heteroatoms. The summed E-state index contributed by atoms with van der Waals surface area (Å²) in [6.07, 6.45) is 0. The average molecular weight is 273 g/mol. The van der Waals surface area contributed by atoms with Crippen LogP contribution in [-0.4, -0.2) is 23.4 Å². The molecule has 0 saturated heterocycles. The maximum atomic E-state index is 12.8. The Morgan fingerprint density at radius 3 is 2.65 bits per heavy atom. The van der Waals surface area contributed by atoms with Crippen molar-refractivity contribution >= 4 is 35.9 Å². The lowest BCUT2D eigenvalue weighted by Gasteiger charge is -2.37. The Balaban J connectivity index is 2.63. The maximum Gasteiger partial charge on any atom is 0.327 e. The number of urea groups is 1. The number of anilines is 1. The molecule has 92 valence electrons.